The number of fused-ring (bicyclic) bond motifs is 1. The van der Waals surface area contributed by atoms with E-state index < -0.39 is 6.04 Å². The second-order valence-electron chi connectivity index (χ2n) is 7.89. The fourth-order valence-corrected chi connectivity index (χ4v) is 3.93. The summed E-state index contributed by atoms with van der Waals surface area (Å²) in [5.74, 6) is 1.26. The molecule has 0 aliphatic carbocycles. The summed E-state index contributed by atoms with van der Waals surface area (Å²) in [6.45, 7) is 4.61. The van der Waals surface area contributed by atoms with Crippen LogP contribution in [0.4, 0.5) is 0 Å². The van der Waals surface area contributed by atoms with E-state index in [9.17, 15) is 9.59 Å². The summed E-state index contributed by atoms with van der Waals surface area (Å²) < 4.78 is 7.21. The molecule has 164 valence electrons. The number of para-hydroxylation sites is 1. The Kier molecular flexibility index (Phi) is 6.50. The van der Waals surface area contributed by atoms with Crippen LogP contribution in [0.1, 0.15) is 49.9 Å². The molecule has 0 radical (unpaired) electrons. The maximum absolute atomic E-state index is 13.5. The number of nitrogens with zero attached hydrogens (tertiary/aromatic N) is 3. The predicted molar refractivity (Wildman–Crippen MR) is 124 cm³/mol. The third-order valence-corrected chi connectivity index (χ3v) is 5.61. The first-order valence-electron chi connectivity index (χ1n) is 10.9. The first kappa shape index (κ1) is 21.6. The van der Waals surface area contributed by atoms with Crippen molar-refractivity contribution < 1.29 is 9.21 Å². The molecular weight excluding hydrogens is 402 g/mol. The third-order valence-electron chi connectivity index (χ3n) is 5.61. The van der Waals surface area contributed by atoms with E-state index in [2.05, 4.69) is 0 Å². The summed E-state index contributed by atoms with van der Waals surface area (Å²) in [4.78, 5) is 33.2. The van der Waals surface area contributed by atoms with Gasteiger partial charge in [0.1, 0.15) is 11.6 Å². The van der Waals surface area contributed by atoms with Crippen molar-refractivity contribution in [2.45, 2.75) is 45.8 Å². The molecule has 6 heteroatoms. The SMILES string of the molecule is CCCC(=O)N(Cc1ccco1)C(C)c1nc2ccccc2c(=O)n1Cc1ccccc1. The summed E-state index contributed by atoms with van der Waals surface area (Å²) >= 11 is 0. The van der Waals surface area contributed by atoms with Crippen molar-refractivity contribution in [1.29, 1.82) is 0 Å². The van der Waals surface area contributed by atoms with Gasteiger partial charge in [-0.3, -0.25) is 14.2 Å². The molecule has 1 amide bonds. The monoisotopic (exact) mass is 429 g/mol. The minimum atomic E-state index is -0.417. The number of rotatable bonds is 8. The zero-order valence-electron chi connectivity index (χ0n) is 18.4. The highest BCUT2D eigenvalue weighted by atomic mass is 16.3. The van der Waals surface area contributed by atoms with Gasteiger partial charge in [0.25, 0.3) is 5.56 Å². The molecule has 2 heterocycles. The molecule has 0 aliphatic heterocycles. The highest BCUT2D eigenvalue weighted by Gasteiger charge is 2.26. The smallest absolute Gasteiger partial charge is 0.261 e. The summed E-state index contributed by atoms with van der Waals surface area (Å²) in [6, 6.07) is 20.4. The molecular formula is C26H27N3O3. The Morgan fingerprint density at radius 2 is 1.81 bits per heavy atom. The van der Waals surface area contributed by atoms with Crippen LogP contribution in [0.3, 0.4) is 0 Å². The number of furan rings is 1. The Hall–Kier alpha value is -3.67. The summed E-state index contributed by atoms with van der Waals surface area (Å²) in [6.07, 6.45) is 2.76. The Balaban J connectivity index is 1.83. The van der Waals surface area contributed by atoms with E-state index in [-0.39, 0.29) is 11.5 Å². The van der Waals surface area contributed by atoms with Crippen LogP contribution in [0.15, 0.2) is 82.2 Å². The Labute approximate surface area is 187 Å². The minimum absolute atomic E-state index is 0.00469. The molecule has 6 nitrogen and oxygen atoms in total. The van der Waals surface area contributed by atoms with Gasteiger partial charge in [-0.2, -0.15) is 0 Å². The molecule has 0 aliphatic rings. The lowest BCUT2D eigenvalue weighted by Gasteiger charge is -2.30. The largest absolute Gasteiger partial charge is 0.467 e. The first-order valence-corrected chi connectivity index (χ1v) is 10.9. The van der Waals surface area contributed by atoms with Crippen molar-refractivity contribution in [3.8, 4) is 0 Å². The lowest BCUT2D eigenvalue weighted by Crippen LogP contribution is -2.37. The van der Waals surface area contributed by atoms with Crippen LogP contribution in [-0.2, 0) is 17.9 Å². The molecule has 0 saturated carbocycles. The molecule has 0 fully saturated rings. The van der Waals surface area contributed by atoms with Crippen LogP contribution in [0.5, 0.6) is 0 Å². The third kappa shape index (κ3) is 4.49. The van der Waals surface area contributed by atoms with Crippen LogP contribution in [0.25, 0.3) is 10.9 Å². The van der Waals surface area contributed by atoms with Gasteiger partial charge < -0.3 is 9.32 Å². The van der Waals surface area contributed by atoms with Gasteiger partial charge in [-0.05, 0) is 43.2 Å². The zero-order chi connectivity index (χ0) is 22.5. The van der Waals surface area contributed by atoms with Crippen molar-refractivity contribution >= 4 is 16.8 Å². The number of carbonyl (C=O) groups excluding carboxylic acids is 1. The topological polar surface area (TPSA) is 68.3 Å². The average molecular weight is 430 g/mol. The summed E-state index contributed by atoms with van der Waals surface area (Å²) in [5, 5.41) is 0.567. The number of amides is 1. The number of benzene rings is 2. The first-order chi connectivity index (χ1) is 15.6. The van der Waals surface area contributed by atoms with Crippen LogP contribution < -0.4 is 5.56 Å². The van der Waals surface area contributed by atoms with Gasteiger partial charge in [0, 0.05) is 6.42 Å². The van der Waals surface area contributed by atoms with Crippen LogP contribution >= 0.6 is 0 Å². The Bertz CT molecular complexity index is 1250. The van der Waals surface area contributed by atoms with E-state index in [4.69, 9.17) is 9.40 Å². The molecule has 32 heavy (non-hydrogen) atoms. The van der Waals surface area contributed by atoms with Gasteiger partial charge in [-0.25, -0.2) is 4.98 Å². The van der Waals surface area contributed by atoms with E-state index in [1.165, 1.54) is 0 Å². The summed E-state index contributed by atoms with van der Waals surface area (Å²) in [5.41, 5.74) is 1.52. The van der Waals surface area contributed by atoms with Gasteiger partial charge in [0.05, 0.1) is 36.3 Å². The Morgan fingerprint density at radius 1 is 1.06 bits per heavy atom. The van der Waals surface area contributed by atoms with E-state index in [0.29, 0.717) is 42.0 Å². The minimum Gasteiger partial charge on any atom is -0.467 e. The van der Waals surface area contributed by atoms with Crippen molar-refractivity contribution in [2.24, 2.45) is 0 Å². The standard InChI is InChI=1S/C26H27N3O3/c1-3-10-24(30)28(18-21-13-9-16-32-21)19(2)25-27-23-15-8-7-14-22(23)26(31)29(25)17-20-11-5-4-6-12-20/h4-9,11-16,19H,3,10,17-18H2,1-2H3. The Morgan fingerprint density at radius 3 is 2.53 bits per heavy atom. The molecule has 4 rings (SSSR count). The van der Waals surface area contributed by atoms with Crippen molar-refractivity contribution in [3.05, 3.63) is 100 Å². The van der Waals surface area contributed by atoms with Gasteiger partial charge >= 0.3 is 0 Å². The van der Waals surface area contributed by atoms with Crippen molar-refractivity contribution in [1.82, 2.24) is 14.5 Å². The maximum atomic E-state index is 13.5. The van der Waals surface area contributed by atoms with Gasteiger partial charge in [0.2, 0.25) is 5.91 Å². The predicted octanol–water partition coefficient (Wildman–Crippen LogP) is 4.93. The molecule has 0 spiro atoms. The maximum Gasteiger partial charge on any atom is 0.261 e. The van der Waals surface area contributed by atoms with Gasteiger partial charge in [0.15, 0.2) is 0 Å². The molecule has 2 aromatic carbocycles. The lowest BCUT2D eigenvalue weighted by atomic mass is 10.1. The van der Waals surface area contributed by atoms with Crippen LogP contribution in [0, 0.1) is 0 Å². The van der Waals surface area contributed by atoms with E-state index >= 15 is 0 Å². The van der Waals surface area contributed by atoms with E-state index in [1.54, 1.807) is 21.8 Å². The van der Waals surface area contributed by atoms with Crippen LogP contribution in [-0.4, -0.2) is 20.4 Å². The molecule has 4 aromatic rings. The van der Waals surface area contributed by atoms with Crippen molar-refractivity contribution in [2.75, 3.05) is 0 Å². The van der Waals surface area contributed by atoms with Gasteiger partial charge in [-0.15, -0.1) is 0 Å². The average Bonchev–Trinajstić information content (AvgIpc) is 3.33. The molecule has 1 unspecified atom stereocenters. The highest BCUT2D eigenvalue weighted by Crippen LogP contribution is 2.24. The number of hydrogen-bond acceptors (Lipinski definition) is 4. The van der Waals surface area contributed by atoms with Crippen molar-refractivity contribution in [3.63, 3.8) is 0 Å². The fraction of sp³-hybridized carbons (Fsp3) is 0.269. The molecule has 0 N–H and O–H groups in total. The second-order valence-corrected chi connectivity index (χ2v) is 7.89. The number of aromatic nitrogens is 2. The van der Waals surface area contributed by atoms with E-state index in [1.807, 2.05) is 74.5 Å². The summed E-state index contributed by atoms with van der Waals surface area (Å²) in [7, 11) is 0. The highest BCUT2D eigenvalue weighted by molar-refractivity contribution is 5.78. The molecule has 1 atom stereocenters. The van der Waals surface area contributed by atoms with E-state index in [0.717, 1.165) is 12.0 Å². The van der Waals surface area contributed by atoms with Gasteiger partial charge in [-0.1, -0.05) is 49.4 Å². The number of hydrogen-bond donors (Lipinski definition) is 0. The second kappa shape index (κ2) is 9.64. The zero-order valence-corrected chi connectivity index (χ0v) is 18.4. The lowest BCUT2D eigenvalue weighted by molar-refractivity contribution is -0.134. The normalized spacial score (nSPS) is 12.1. The fourth-order valence-electron chi connectivity index (χ4n) is 3.93. The molecule has 0 saturated heterocycles. The van der Waals surface area contributed by atoms with Crippen LogP contribution in [0.2, 0.25) is 0 Å². The molecule has 0 bridgehead atoms. The quantitative estimate of drug-likeness (QED) is 0.398. The molecule has 2 aromatic heterocycles. The number of carbonyl (C=O) groups is 1.